The number of hydrogen-bond acceptors (Lipinski definition) is 4. The Labute approximate surface area is 167 Å². The normalized spacial score (nSPS) is 10.7. The zero-order valence-corrected chi connectivity index (χ0v) is 16.5. The Hall–Kier alpha value is -3.68. The van der Waals surface area contributed by atoms with E-state index in [1.165, 1.54) is 33.8 Å². The molecule has 1 aromatic heterocycles. The topological polar surface area (TPSA) is 90.4 Å². The number of rotatable bonds is 6. The van der Waals surface area contributed by atoms with Crippen LogP contribution in [-0.4, -0.2) is 26.7 Å². The number of nitro benzene ring substituents is 1. The average molecular weight is 394 g/mol. The Bertz CT molecular complexity index is 1120. The Balaban J connectivity index is 2.13. The van der Waals surface area contributed by atoms with Gasteiger partial charge < -0.3 is 4.90 Å². The third-order valence-electron chi connectivity index (χ3n) is 4.79. The maximum absolute atomic E-state index is 13.3. The van der Waals surface area contributed by atoms with Crippen LogP contribution in [0.5, 0.6) is 0 Å². The minimum absolute atomic E-state index is 0.168. The molecule has 3 rings (SSSR count). The summed E-state index contributed by atoms with van der Waals surface area (Å²) in [5.41, 5.74) is 1.28. The molecule has 0 aliphatic rings. The quantitative estimate of drug-likeness (QED) is 0.473. The molecular weight excluding hydrogens is 372 g/mol. The number of benzene rings is 2. The molecule has 8 nitrogen and oxygen atoms in total. The van der Waals surface area contributed by atoms with Gasteiger partial charge in [-0.25, -0.2) is 4.68 Å². The zero-order chi connectivity index (χ0) is 21.1. The van der Waals surface area contributed by atoms with Gasteiger partial charge in [0, 0.05) is 31.3 Å². The summed E-state index contributed by atoms with van der Waals surface area (Å²) in [5.74, 6) is -0.443. The first-order valence-corrected chi connectivity index (χ1v) is 9.27. The van der Waals surface area contributed by atoms with Gasteiger partial charge in [0.05, 0.1) is 16.3 Å². The number of nitro groups is 1. The van der Waals surface area contributed by atoms with E-state index in [1.807, 2.05) is 37.3 Å². The minimum atomic E-state index is -0.545. The van der Waals surface area contributed by atoms with Crippen LogP contribution in [0.25, 0.3) is 5.69 Å². The van der Waals surface area contributed by atoms with Crippen LogP contribution < -0.4 is 10.5 Å². The van der Waals surface area contributed by atoms with E-state index in [9.17, 15) is 19.7 Å². The molecule has 0 bridgehead atoms. The second-order valence-electron chi connectivity index (χ2n) is 6.67. The summed E-state index contributed by atoms with van der Waals surface area (Å²) in [6.45, 7) is 4.00. The highest BCUT2D eigenvalue weighted by molar-refractivity contribution is 6.06. The fraction of sp³-hybridized carbons (Fsp3) is 0.238. The van der Waals surface area contributed by atoms with E-state index in [2.05, 4.69) is 0 Å². The molecule has 0 unspecified atom stereocenters. The van der Waals surface area contributed by atoms with Crippen molar-refractivity contribution in [3.63, 3.8) is 0 Å². The van der Waals surface area contributed by atoms with Gasteiger partial charge in [-0.05, 0) is 31.5 Å². The molecule has 150 valence electrons. The Morgan fingerprint density at radius 2 is 1.83 bits per heavy atom. The maximum Gasteiger partial charge on any atom is 0.295 e. The molecule has 0 fully saturated rings. The monoisotopic (exact) mass is 394 g/mol. The summed E-state index contributed by atoms with van der Waals surface area (Å²) in [4.78, 5) is 38.4. The summed E-state index contributed by atoms with van der Waals surface area (Å²) in [6.07, 6.45) is 0.625. The molecule has 0 N–H and O–H groups in total. The predicted molar refractivity (Wildman–Crippen MR) is 111 cm³/mol. The SMILES string of the molecule is CCCN(C(=O)c1cccc([N+](=O)[O-])c1)c1c(C)n(C)n(-c2ccccc2)c1=O. The van der Waals surface area contributed by atoms with Gasteiger partial charge in [0.25, 0.3) is 17.2 Å². The van der Waals surface area contributed by atoms with E-state index in [0.717, 1.165) is 0 Å². The van der Waals surface area contributed by atoms with Crippen molar-refractivity contribution in [2.75, 3.05) is 11.4 Å². The van der Waals surface area contributed by atoms with Crippen molar-refractivity contribution in [2.24, 2.45) is 7.05 Å². The van der Waals surface area contributed by atoms with Crippen LogP contribution in [0.3, 0.4) is 0 Å². The summed E-state index contributed by atoms with van der Waals surface area (Å²) in [5, 5.41) is 11.1. The first-order valence-electron chi connectivity index (χ1n) is 9.27. The van der Waals surface area contributed by atoms with E-state index < -0.39 is 10.8 Å². The van der Waals surface area contributed by atoms with Crippen LogP contribution in [0.15, 0.2) is 59.4 Å². The molecule has 1 amide bonds. The van der Waals surface area contributed by atoms with Gasteiger partial charge in [0.15, 0.2) is 0 Å². The van der Waals surface area contributed by atoms with Crippen LogP contribution in [0.4, 0.5) is 11.4 Å². The number of carbonyl (C=O) groups excluding carboxylic acids is 1. The zero-order valence-electron chi connectivity index (χ0n) is 16.5. The molecule has 0 atom stereocenters. The van der Waals surface area contributed by atoms with Crippen molar-refractivity contribution in [3.05, 3.63) is 86.3 Å². The van der Waals surface area contributed by atoms with Gasteiger partial charge in [-0.1, -0.05) is 31.2 Å². The molecular formula is C21H22N4O4. The second-order valence-corrected chi connectivity index (χ2v) is 6.67. The fourth-order valence-corrected chi connectivity index (χ4v) is 3.31. The molecule has 29 heavy (non-hydrogen) atoms. The van der Waals surface area contributed by atoms with Crippen LogP contribution >= 0.6 is 0 Å². The molecule has 1 heterocycles. The summed E-state index contributed by atoms with van der Waals surface area (Å²) in [7, 11) is 1.76. The lowest BCUT2D eigenvalue weighted by Gasteiger charge is -2.21. The van der Waals surface area contributed by atoms with Crippen molar-refractivity contribution < 1.29 is 9.72 Å². The molecule has 3 aromatic rings. The Morgan fingerprint density at radius 3 is 2.45 bits per heavy atom. The number of non-ortho nitro benzene ring substituents is 1. The molecule has 0 spiro atoms. The highest BCUT2D eigenvalue weighted by atomic mass is 16.6. The number of amides is 1. The number of para-hydroxylation sites is 1. The van der Waals surface area contributed by atoms with Crippen LogP contribution in [0, 0.1) is 17.0 Å². The van der Waals surface area contributed by atoms with Gasteiger partial charge in [0.2, 0.25) is 0 Å². The van der Waals surface area contributed by atoms with Crippen molar-refractivity contribution in [1.82, 2.24) is 9.36 Å². The van der Waals surface area contributed by atoms with Crippen molar-refractivity contribution in [1.29, 1.82) is 0 Å². The number of carbonyl (C=O) groups is 1. The van der Waals surface area contributed by atoms with E-state index in [4.69, 9.17) is 0 Å². The highest BCUT2D eigenvalue weighted by Crippen LogP contribution is 2.22. The molecule has 0 aliphatic heterocycles. The molecule has 0 radical (unpaired) electrons. The van der Waals surface area contributed by atoms with Crippen LogP contribution in [-0.2, 0) is 7.05 Å². The maximum atomic E-state index is 13.3. The molecule has 0 saturated heterocycles. The van der Waals surface area contributed by atoms with Gasteiger partial charge in [-0.3, -0.25) is 24.4 Å². The van der Waals surface area contributed by atoms with Crippen LogP contribution in [0.2, 0.25) is 0 Å². The summed E-state index contributed by atoms with van der Waals surface area (Å²) in [6, 6.07) is 14.7. The predicted octanol–water partition coefficient (Wildman–Crippen LogP) is 3.45. The average Bonchev–Trinajstić information content (AvgIpc) is 2.95. The summed E-state index contributed by atoms with van der Waals surface area (Å²) >= 11 is 0. The van der Waals surface area contributed by atoms with E-state index >= 15 is 0 Å². The van der Waals surface area contributed by atoms with Gasteiger partial charge in [0.1, 0.15) is 5.69 Å². The highest BCUT2D eigenvalue weighted by Gasteiger charge is 2.27. The molecule has 0 aliphatic carbocycles. The van der Waals surface area contributed by atoms with E-state index in [-0.39, 0.29) is 22.5 Å². The van der Waals surface area contributed by atoms with Gasteiger partial charge in [-0.15, -0.1) is 0 Å². The first-order chi connectivity index (χ1) is 13.9. The van der Waals surface area contributed by atoms with Gasteiger partial charge >= 0.3 is 0 Å². The number of nitrogens with zero attached hydrogens (tertiary/aromatic N) is 4. The Kier molecular flexibility index (Phi) is 5.63. The van der Waals surface area contributed by atoms with Gasteiger partial charge in [-0.2, -0.15) is 0 Å². The number of anilines is 1. The second kappa shape index (κ2) is 8.14. The lowest BCUT2D eigenvalue weighted by atomic mass is 10.1. The first kappa shape index (κ1) is 20.1. The molecule has 2 aromatic carbocycles. The van der Waals surface area contributed by atoms with Crippen molar-refractivity contribution in [3.8, 4) is 5.69 Å². The summed E-state index contributed by atoms with van der Waals surface area (Å²) < 4.78 is 3.21. The smallest absolute Gasteiger partial charge is 0.295 e. The van der Waals surface area contributed by atoms with Crippen molar-refractivity contribution in [2.45, 2.75) is 20.3 Å². The van der Waals surface area contributed by atoms with E-state index in [0.29, 0.717) is 24.3 Å². The lowest BCUT2D eigenvalue weighted by molar-refractivity contribution is -0.384. The number of aromatic nitrogens is 2. The lowest BCUT2D eigenvalue weighted by Crippen LogP contribution is -2.36. The number of hydrogen-bond donors (Lipinski definition) is 0. The van der Waals surface area contributed by atoms with E-state index in [1.54, 1.807) is 18.7 Å². The third-order valence-corrected chi connectivity index (χ3v) is 4.79. The standard InChI is InChI=1S/C21H22N4O4/c1-4-13-23(20(26)16-9-8-12-18(14-16)25(28)29)19-15(2)22(3)24(21(19)27)17-10-6-5-7-11-17/h5-12,14H,4,13H2,1-3H3. The van der Waals surface area contributed by atoms with Crippen LogP contribution in [0.1, 0.15) is 29.4 Å². The fourth-order valence-electron chi connectivity index (χ4n) is 3.31. The minimum Gasteiger partial charge on any atom is -0.302 e. The Morgan fingerprint density at radius 1 is 1.14 bits per heavy atom. The molecule has 0 saturated carbocycles. The largest absolute Gasteiger partial charge is 0.302 e. The third kappa shape index (κ3) is 3.69. The van der Waals surface area contributed by atoms with Crippen molar-refractivity contribution >= 4 is 17.3 Å². The molecule has 8 heteroatoms.